The SMILES string of the molecule is CCNC(=O)C(C)(C)n1c(=O)c2c(C)c(-n3nccn3)sc2n(C[C@H](OC2CCOCC2)c2cc(F)ccc2OC)c1=O. The maximum absolute atomic E-state index is 14.6. The van der Waals surface area contributed by atoms with Crippen molar-refractivity contribution in [2.75, 3.05) is 26.9 Å². The largest absolute Gasteiger partial charge is 0.496 e. The van der Waals surface area contributed by atoms with Crippen molar-refractivity contribution in [1.82, 2.24) is 29.4 Å². The molecule has 43 heavy (non-hydrogen) atoms. The fourth-order valence-electron chi connectivity index (χ4n) is 5.36. The average Bonchev–Trinajstić information content (AvgIpc) is 3.63. The minimum Gasteiger partial charge on any atom is -0.496 e. The summed E-state index contributed by atoms with van der Waals surface area (Å²) in [6.45, 7) is 7.82. The van der Waals surface area contributed by atoms with E-state index in [-0.39, 0.29) is 18.0 Å². The number of hydrogen-bond donors (Lipinski definition) is 1. The number of carbonyl (C=O) groups is 1. The summed E-state index contributed by atoms with van der Waals surface area (Å²) in [5, 5.41) is 12.0. The molecule has 1 aliphatic rings. The number of aromatic nitrogens is 5. The van der Waals surface area contributed by atoms with Crippen LogP contribution in [0.3, 0.4) is 0 Å². The van der Waals surface area contributed by atoms with E-state index in [1.165, 1.54) is 72.3 Å². The number of thiophene rings is 1. The van der Waals surface area contributed by atoms with Gasteiger partial charge in [-0.05, 0) is 58.7 Å². The van der Waals surface area contributed by atoms with Gasteiger partial charge in [-0.3, -0.25) is 14.2 Å². The summed E-state index contributed by atoms with van der Waals surface area (Å²) in [5.41, 5.74) is -1.87. The number of nitrogens with one attached hydrogen (secondary N) is 1. The van der Waals surface area contributed by atoms with E-state index in [4.69, 9.17) is 14.2 Å². The van der Waals surface area contributed by atoms with Gasteiger partial charge in [-0.25, -0.2) is 13.8 Å². The van der Waals surface area contributed by atoms with Crippen LogP contribution in [-0.4, -0.2) is 63.0 Å². The van der Waals surface area contributed by atoms with E-state index in [0.717, 1.165) is 4.57 Å². The van der Waals surface area contributed by atoms with Gasteiger partial charge in [0.25, 0.3) is 5.56 Å². The molecule has 12 nitrogen and oxygen atoms in total. The van der Waals surface area contributed by atoms with Gasteiger partial charge in [-0.2, -0.15) is 10.2 Å². The Morgan fingerprint density at radius 2 is 1.93 bits per heavy atom. The van der Waals surface area contributed by atoms with Crippen LogP contribution in [-0.2, 0) is 26.4 Å². The monoisotopic (exact) mass is 614 g/mol. The molecule has 4 heterocycles. The Kier molecular flexibility index (Phi) is 8.81. The highest BCUT2D eigenvalue weighted by atomic mass is 32.1. The van der Waals surface area contributed by atoms with E-state index in [1.807, 2.05) is 0 Å². The molecule has 1 aromatic carbocycles. The Morgan fingerprint density at radius 1 is 1.23 bits per heavy atom. The Bertz CT molecular complexity index is 1740. The van der Waals surface area contributed by atoms with Crippen molar-refractivity contribution < 1.29 is 23.4 Å². The van der Waals surface area contributed by atoms with Crippen molar-refractivity contribution in [2.24, 2.45) is 0 Å². The second-order valence-electron chi connectivity index (χ2n) is 10.8. The minimum atomic E-state index is -1.54. The predicted octanol–water partition coefficient (Wildman–Crippen LogP) is 3.07. The van der Waals surface area contributed by atoms with E-state index in [9.17, 15) is 18.8 Å². The van der Waals surface area contributed by atoms with Crippen molar-refractivity contribution in [1.29, 1.82) is 0 Å². The third-order valence-corrected chi connectivity index (χ3v) is 8.93. The fraction of sp³-hybridized carbons (Fsp3) is 0.483. The molecule has 1 atom stereocenters. The molecule has 0 aliphatic carbocycles. The maximum atomic E-state index is 14.6. The highest BCUT2D eigenvalue weighted by molar-refractivity contribution is 7.21. The van der Waals surface area contributed by atoms with Crippen molar-refractivity contribution >= 4 is 27.5 Å². The standard InChI is InChI=1S/C29H35FN6O6S/c1-6-31-27(38)29(3,4)35-24(37)23-17(2)25(36-32-11-12-33-36)43-26(23)34(28(35)39)16-22(42-19-9-13-41-14-10-19)20-15-18(30)7-8-21(20)40-5/h7-8,11-12,15,19,22H,6,9-10,13-14,16H2,1-5H3,(H,31,38)/t22-/m0/s1. The number of benzene rings is 1. The van der Waals surface area contributed by atoms with Crippen molar-refractivity contribution in [3.63, 3.8) is 0 Å². The molecule has 0 saturated carbocycles. The number of halogens is 1. The second kappa shape index (κ2) is 12.4. The van der Waals surface area contributed by atoms with Gasteiger partial charge < -0.3 is 19.5 Å². The summed E-state index contributed by atoms with van der Waals surface area (Å²) in [7, 11) is 1.48. The van der Waals surface area contributed by atoms with Crippen LogP contribution in [0.2, 0.25) is 0 Å². The number of fused-ring (bicyclic) bond motifs is 1. The van der Waals surface area contributed by atoms with Crippen LogP contribution in [0.15, 0.2) is 40.2 Å². The average molecular weight is 615 g/mol. The molecule has 1 N–H and O–H groups in total. The van der Waals surface area contributed by atoms with Crippen LogP contribution < -0.4 is 21.3 Å². The first kappa shape index (κ1) is 30.6. The summed E-state index contributed by atoms with van der Waals surface area (Å²) < 4.78 is 34.7. The lowest BCUT2D eigenvalue weighted by Crippen LogP contribution is -2.55. The Morgan fingerprint density at radius 3 is 2.58 bits per heavy atom. The first-order valence-electron chi connectivity index (χ1n) is 14.1. The number of rotatable bonds is 10. The third kappa shape index (κ3) is 5.74. The molecule has 0 radical (unpaired) electrons. The third-order valence-electron chi connectivity index (χ3n) is 7.65. The molecule has 14 heteroatoms. The number of nitrogens with zero attached hydrogens (tertiary/aromatic N) is 5. The Labute approximate surface area is 251 Å². The number of carbonyl (C=O) groups excluding carboxylic acids is 1. The minimum absolute atomic E-state index is 0.0931. The normalized spacial score (nSPS) is 15.1. The molecule has 4 aromatic rings. The number of amides is 1. The molecule has 0 unspecified atom stereocenters. The molecule has 1 aliphatic heterocycles. The molecule has 1 fully saturated rings. The summed E-state index contributed by atoms with van der Waals surface area (Å²) in [5.74, 6) is -0.582. The summed E-state index contributed by atoms with van der Waals surface area (Å²) in [6.07, 6.45) is 3.21. The zero-order valence-corrected chi connectivity index (χ0v) is 25.6. The Hall–Kier alpha value is -3.88. The molecule has 3 aromatic heterocycles. The van der Waals surface area contributed by atoms with Crippen LogP contribution in [0.5, 0.6) is 5.75 Å². The number of methoxy groups -OCH3 is 1. The lowest BCUT2D eigenvalue weighted by atomic mass is 10.0. The number of likely N-dealkylation sites (N-methyl/N-ethyl adjacent to an activating group) is 1. The number of ether oxygens (including phenoxy) is 3. The lowest BCUT2D eigenvalue weighted by molar-refractivity contribution is -0.128. The number of aryl methyl sites for hydroxylation is 1. The molecular weight excluding hydrogens is 579 g/mol. The van der Waals surface area contributed by atoms with E-state index in [2.05, 4.69) is 15.5 Å². The molecule has 0 bridgehead atoms. The molecule has 1 amide bonds. The van der Waals surface area contributed by atoms with Crippen LogP contribution >= 0.6 is 11.3 Å². The highest BCUT2D eigenvalue weighted by Crippen LogP contribution is 2.35. The van der Waals surface area contributed by atoms with Crippen LogP contribution in [0.25, 0.3) is 15.2 Å². The quantitative estimate of drug-likeness (QED) is 0.288. The van der Waals surface area contributed by atoms with E-state index in [0.29, 0.717) is 59.3 Å². The van der Waals surface area contributed by atoms with Gasteiger partial charge >= 0.3 is 5.69 Å². The van der Waals surface area contributed by atoms with Crippen LogP contribution in [0.1, 0.15) is 50.8 Å². The van der Waals surface area contributed by atoms with Gasteiger partial charge in [0.2, 0.25) is 5.91 Å². The molecule has 5 rings (SSSR count). The molecule has 0 spiro atoms. The van der Waals surface area contributed by atoms with Gasteiger partial charge in [-0.1, -0.05) is 11.3 Å². The topological polar surface area (TPSA) is 132 Å². The van der Waals surface area contributed by atoms with Crippen molar-refractivity contribution in [3.8, 4) is 10.8 Å². The molecular formula is C29H35FN6O6S. The first-order valence-corrected chi connectivity index (χ1v) is 14.9. The van der Waals surface area contributed by atoms with Crippen molar-refractivity contribution in [3.05, 3.63) is 68.4 Å². The highest BCUT2D eigenvalue weighted by Gasteiger charge is 2.36. The van der Waals surface area contributed by atoms with Crippen LogP contribution in [0, 0.1) is 12.7 Å². The van der Waals surface area contributed by atoms with Gasteiger partial charge in [-0.15, -0.1) is 4.80 Å². The van der Waals surface area contributed by atoms with Gasteiger partial charge in [0.05, 0.1) is 37.5 Å². The zero-order valence-electron chi connectivity index (χ0n) is 24.8. The number of hydrogen-bond acceptors (Lipinski definition) is 9. The second-order valence-corrected chi connectivity index (χ2v) is 11.8. The summed E-state index contributed by atoms with van der Waals surface area (Å²) in [6, 6.07) is 4.14. The lowest BCUT2D eigenvalue weighted by Gasteiger charge is -2.30. The van der Waals surface area contributed by atoms with Gasteiger partial charge in [0.15, 0.2) is 0 Å². The predicted molar refractivity (Wildman–Crippen MR) is 159 cm³/mol. The summed E-state index contributed by atoms with van der Waals surface area (Å²) >= 11 is 1.18. The van der Waals surface area contributed by atoms with Crippen molar-refractivity contribution in [2.45, 2.75) is 64.8 Å². The zero-order chi connectivity index (χ0) is 30.9. The fourth-order valence-corrected chi connectivity index (χ4v) is 6.58. The van der Waals surface area contributed by atoms with E-state index >= 15 is 0 Å². The van der Waals surface area contributed by atoms with E-state index in [1.54, 1.807) is 13.8 Å². The van der Waals surface area contributed by atoms with Crippen LogP contribution in [0.4, 0.5) is 4.39 Å². The molecule has 230 valence electrons. The summed E-state index contributed by atoms with van der Waals surface area (Å²) in [4.78, 5) is 43.4. The van der Waals surface area contributed by atoms with Gasteiger partial charge in [0.1, 0.15) is 33.0 Å². The first-order chi connectivity index (χ1) is 20.6. The Balaban J connectivity index is 1.77. The van der Waals surface area contributed by atoms with E-state index < -0.39 is 34.6 Å². The van der Waals surface area contributed by atoms with Gasteiger partial charge in [0, 0.05) is 30.9 Å². The maximum Gasteiger partial charge on any atom is 0.333 e. The smallest absolute Gasteiger partial charge is 0.333 e. The molecule has 1 saturated heterocycles.